The van der Waals surface area contributed by atoms with E-state index in [0.29, 0.717) is 11.7 Å². The Morgan fingerprint density at radius 1 is 1.25 bits per heavy atom. The van der Waals surface area contributed by atoms with Crippen molar-refractivity contribution in [3.05, 3.63) is 30.2 Å². The lowest BCUT2D eigenvalue weighted by Crippen LogP contribution is -2.10. The van der Waals surface area contributed by atoms with Gasteiger partial charge in [-0.1, -0.05) is 0 Å². The van der Waals surface area contributed by atoms with Gasteiger partial charge in [0.2, 0.25) is 0 Å². The summed E-state index contributed by atoms with van der Waals surface area (Å²) in [6.07, 6.45) is -0.0809. The summed E-state index contributed by atoms with van der Waals surface area (Å²) in [6, 6.07) is 0.293. The van der Waals surface area contributed by atoms with Crippen LogP contribution in [0.25, 0.3) is 22.3 Å². The quantitative estimate of drug-likeness (QED) is 0.776. The Hall–Kier alpha value is -2.38. The minimum atomic E-state index is -4.21. The summed E-state index contributed by atoms with van der Waals surface area (Å²) in [5.41, 5.74) is 2.16. The molecule has 3 aromatic rings. The molecule has 8 heteroatoms. The van der Waals surface area contributed by atoms with Crippen LogP contribution in [0.4, 0.5) is 13.2 Å². The molecule has 0 aliphatic carbocycles. The molecule has 0 amide bonds. The average Bonchev–Trinajstić information content (AvgIpc) is 3.07. The van der Waals surface area contributed by atoms with E-state index in [1.807, 2.05) is 13.1 Å². The highest BCUT2D eigenvalue weighted by Crippen LogP contribution is 2.28. The first-order valence-corrected chi connectivity index (χ1v) is 7.70. The molecule has 0 bridgehead atoms. The van der Waals surface area contributed by atoms with Crippen LogP contribution in [0.5, 0.6) is 0 Å². The number of aryl methyl sites for hydroxylation is 2. The van der Waals surface area contributed by atoms with Crippen molar-refractivity contribution >= 4 is 11.0 Å². The number of H-pyrrole nitrogens is 1. The molecule has 3 heterocycles. The molecular formula is C16H18F3N5. The fraction of sp³-hybridized carbons (Fsp3) is 0.438. The molecule has 0 unspecified atom stereocenters. The minimum absolute atomic E-state index is 0.178. The second-order valence-corrected chi connectivity index (χ2v) is 6.04. The predicted molar refractivity (Wildman–Crippen MR) is 84.6 cm³/mol. The number of aromatic amines is 1. The van der Waals surface area contributed by atoms with Gasteiger partial charge in [0.1, 0.15) is 17.3 Å². The van der Waals surface area contributed by atoms with E-state index in [9.17, 15) is 13.2 Å². The third-order valence-electron chi connectivity index (χ3n) is 3.86. The van der Waals surface area contributed by atoms with Gasteiger partial charge in [-0.3, -0.25) is 0 Å². The zero-order valence-corrected chi connectivity index (χ0v) is 13.6. The topological polar surface area (TPSA) is 59.4 Å². The molecule has 0 saturated heterocycles. The zero-order valence-electron chi connectivity index (χ0n) is 13.6. The number of nitrogens with zero attached hydrogens (tertiary/aromatic N) is 4. The number of aromatic nitrogens is 5. The summed E-state index contributed by atoms with van der Waals surface area (Å²) < 4.78 is 39.0. The molecule has 0 saturated carbocycles. The monoisotopic (exact) mass is 337 g/mol. The van der Waals surface area contributed by atoms with E-state index >= 15 is 0 Å². The van der Waals surface area contributed by atoms with Crippen molar-refractivity contribution in [1.82, 2.24) is 24.5 Å². The Morgan fingerprint density at radius 3 is 2.62 bits per heavy atom. The normalized spacial score (nSPS) is 12.5. The lowest BCUT2D eigenvalue weighted by atomic mass is 10.2. The highest BCUT2D eigenvalue weighted by atomic mass is 19.4. The van der Waals surface area contributed by atoms with Crippen molar-refractivity contribution in [2.24, 2.45) is 0 Å². The Bertz CT molecular complexity index is 860. The number of nitrogens with one attached hydrogen (secondary N) is 1. The fourth-order valence-electron chi connectivity index (χ4n) is 2.67. The molecule has 24 heavy (non-hydrogen) atoms. The van der Waals surface area contributed by atoms with Crippen LogP contribution in [0, 0.1) is 6.92 Å². The van der Waals surface area contributed by atoms with E-state index in [4.69, 9.17) is 0 Å². The number of hydrogen-bond donors (Lipinski definition) is 1. The van der Waals surface area contributed by atoms with Crippen LogP contribution in [0.1, 0.15) is 38.0 Å². The van der Waals surface area contributed by atoms with Crippen LogP contribution in [-0.4, -0.2) is 30.7 Å². The predicted octanol–water partition coefficient (Wildman–Crippen LogP) is 4.21. The average molecular weight is 337 g/mol. The maximum Gasteiger partial charge on any atom is 0.389 e. The maximum absolute atomic E-state index is 12.3. The summed E-state index contributed by atoms with van der Waals surface area (Å²) in [6.45, 7) is 6.08. The van der Waals surface area contributed by atoms with Gasteiger partial charge in [-0.2, -0.15) is 13.2 Å². The number of imidazole rings is 1. The van der Waals surface area contributed by atoms with Gasteiger partial charge in [0.15, 0.2) is 0 Å². The van der Waals surface area contributed by atoms with Crippen LogP contribution in [-0.2, 0) is 6.42 Å². The van der Waals surface area contributed by atoms with Crippen LogP contribution in [0.3, 0.4) is 0 Å². The van der Waals surface area contributed by atoms with Crippen molar-refractivity contribution in [3.63, 3.8) is 0 Å². The highest BCUT2D eigenvalue weighted by molar-refractivity contribution is 5.91. The smallest absolute Gasteiger partial charge is 0.345 e. The first-order chi connectivity index (χ1) is 11.2. The summed E-state index contributed by atoms with van der Waals surface area (Å²) in [4.78, 5) is 15.8. The van der Waals surface area contributed by atoms with E-state index < -0.39 is 12.6 Å². The fourth-order valence-corrected chi connectivity index (χ4v) is 2.67. The number of alkyl halides is 3. The number of fused-ring (bicyclic) bond motifs is 1. The van der Waals surface area contributed by atoms with Crippen LogP contribution in [0.15, 0.2) is 18.6 Å². The highest BCUT2D eigenvalue weighted by Gasteiger charge is 2.27. The number of halogens is 3. The van der Waals surface area contributed by atoms with Crippen molar-refractivity contribution < 1.29 is 13.2 Å². The van der Waals surface area contributed by atoms with Crippen molar-refractivity contribution in [1.29, 1.82) is 0 Å². The molecule has 5 nitrogen and oxygen atoms in total. The second kappa shape index (κ2) is 5.92. The van der Waals surface area contributed by atoms with Gasteiger partial charge in [-0.25, -0.2) is 15.0 Å². The molecule has 3 aromatic heterocycles. The number of hydrogen-bond acceptors (Lipinski definition) is 3. The molecule has 0 spiro atoms. The third-order valence-corrected chi connectivity index (χ3v) is 3.86. The molecule has 0 atom stereocenters. The summed E-state index contributed by atoms with van der Waals surface area (Å²) in [5, 5.41) is 0.749. The SMILES string of the molecule is Cc1nc(-c2c[nH]c3nc(CCC(F)(F)F)ncc23)cn1C(C)C. The summed E-state index contributed by atoms with van der Waals surface area (Å²) >= 11 is 0. The van der Waals surface area contributed by atoms with Crippen LogP contribution < -0.4 is 0 Å². The first-order valence-electron chi connectivity index (χ1n) is 7.70. The van der Waals surface area contributed by atoms with Gasteiger partial charge in [-0.15, -0.1) is 0 Å². The van der Waals surface area contributed by atoms with E-state index in [1.165, 1.54) is 0 Å². The summed E-state index contributed by atoms with van der Waals surface area (Å²) in [7, 11) is 0. The van der Waals surface area contributed by atoms with E-state index in [-0.39, 0.29) is 12.2 Å². The lowest BCUT2D eigenvalue weighted by molar-refractivity contribution is -0.134. The molecule has 3 rings (SSSR count). The van der Waals surface area contributed by atoms with Gasteiger partial charge in [0.05, 0.1) is 12.1 Å². The Balaban J connectivity index is 1.92. The van der Waals surface area contributed by atoms with Crippen LogP contribution in [0.2, 0.25) is 0 Å². The van der Waals surface area contributed by atoms with Gasteiger partial charge in [0.25, 0.3) is 0 Å². The standard InChI is InChI=1S/C16H18F3N5/c1-9(2)24-8-13(22-10(24)3)11-6-21-15-12(11)7-20-14(23-15)4-5-16(17,18)19/h6-9H,4-5H2,1-3H3,(H,20,21,23). The first kappa shape index (κ1) is 16.5. The van der Waals surface area contributed by atoms with Crippen molar-refractivity contribution in [3.8, 4) is 11.3 Å². The third kappa shape index (κ3) is 3.27. The van der Waals surface area contributed by atoms with Crippen molar-refractivity contribution in [2.75, 3.05) is 0 Å². The molecule has 0 fully saturated rings. The Kier molecular flexibility index (Phi) is 4.06. The summed E-state index contributed by atoms with van der Waals surface area (Å²) in [5.74, 6) is 1.08. The van der Waals surface area contributed by atoms with E-state index in [2.05, 4.69) is 38.4 Å². The molecule has 0 aliphatic heterocycles. The van der Waals surface area contributed by atoms with E-state index in [0.717, 1.165) is 22.5 Å². The lowest BCUT2D eigenvalue weighted by Gasteiger charge is -2.07. The minimum Gasteiger partial charge on any atom is -0.345 e. The second-order valence-electron chi connectivity index (χ2n) is 6.04. The van der Waals surface area contributed by atoms with Gasteiger partial charge in [-0.05, 0) is 20.8 Å². The molecule has 0 radical (unpaired) electrons. The molecule has 1 N–H and O–H groups in total. The van der Waals surface area contributed by atoms with Gasteiger partial charge < -0.3 is 9.55 Å². The van der Waals surface area contributed by atoms with Gasteiger partial charge >= 0.3 is 6.18 Å². The molecule has 0 aromatic carbocycles. The van der Waals surface area contributed by atoms with E-state index in [1.54, 1.807) is 12.4 Å². The van der Waals surface area contributed by atoms with Gasteiger partial charge in [0, 0.05) is 42.0 Å². The van der Waals surface area contributed by atoms with Crippen LogP contribution >= 0.6 is 0 Å². The van der Waals surface area contributed by atoms with Crippen molar-refractivity contribution in [2.45, 2.75) is 45.8 Å². The maximum atomic E-state index is 12.3. The zero-order chi connectivity index (χ0) is 17.5. The molecule has 0 aliphatic rings. The Morgan fingerprint density at radius 2 is 2.00 bits per heavy atom. The number of rotatable bonds is 4. The largest absolute Gasteiger partial charge is 0.389 e. The Labute approximate surface area is 137 Å². The molecular weight excluding hydrogens is 319 g/mol. The molecule has 128 valence electrons.